The van der Waals surface area contributed by atoms with Crippen molar-refractivity contribution in [3.05, 3.63) is 29.3 Å². The fourth-order valence-electron chi connectivity index (χ4n) is 3.86. The summed E-state index contributed by atoms with van der Waals surface area (Å²) in [5, 5.41) is 20.4. The molecule has 1 saturated heterocycles. The number of phenols is 1. The summed E-state index contributed by atoms with van der Waals surface area (Å²) in [6.07, 6.45) is 1.80. The zero-order valence-electron chi connectivity index (χ0n) is 15.4. The molecule has 2 heterocycles. The molecule has 0 spiro atoms. The van der Waals surface area contributed by atoms with E-state index in [1.54, 1.807) is 12.1 Å². The summed E-state index contributed by atoms with van der Waals surface area (Å²) in [5.41, 5.74) is 0.790. The van der Waals surface area contributed by atoms with Gasteiger partial charge in [0.05, 0.1) is 31.8 Å². The molecule has 0 aromatic heterocycles. The Hall–Kier alpha value is -2.12. The SMILES string of the molecule is COC(=O)CC1CC[C@H]2CC(O)CC(CCc3cccc(O)c3C(=O)O1)O2. The van der Waals surface area contributed by atoms with Crippen LogP contribution in [0.4, 0.5) is 0 Å². The van der Waals surface area contributed by atoms with Gasteiger partial charge in [-0.2, -0.15) is 0 Å². The van der Waals surface area contributed by atoms with Gasteiger partial charge in [-0.1, -0.05) is 12.1 Å². The molecule has 4 atom stereocenters. The summed E-state index contributed by atoms with van der Waals surface area (Å²) in [6.45, 7) is 0. The van der Waals surface area contributed by atoms with Crippen LogP contribution in [0.3, 0.4) is 0 Å². The predicted octanol–water partition coefficient (Wildman–Crippen LogP) is 2.12. The third-order valence-corrected chi connectivity index (χ3v) is 5.23. The standard InChI is InChI=1S/C20H26O7/c1-25-18(23)11-16-8-7-15-10-13(21)9-14(26-15)6-5-12-3-2-4-17(22)19(12)20(24)27-16/h2-4,13-16,21-22H,5-11H2,1H3/t13?,14?,15-,16?/m0/s1. The van der Waals surface area contributed by atoms with Gasteiger partial charge in [-0.25, -0.2) is 4.79 Å². The van der Waals surface area contributed by atoms with Crippen molar-refractivity contribution >= 4 is 11.9 Å². The van der Waals surface area contributed by atoms with Crippen LogP contribution >= 0.6 is 0 Å². The number of fused-ring (bicyclic) bond motifs is 3. The van der Waals surface area contributed by atoms with E-state index in [1.165, 1.54) is 13.2 Å². The summed E-state index contributed by atoms with van der Waals surface area (Å²) in [6, 6.07) is 4.89. The Morgan fingerprint density at radius 3 is 2.70 bits per heavy atom. The van der Waals surface area contributed by atoms with Crippen molar-refractivity contribution in [3.8, 4) is 5.75 Å². The zero-order valence-corrected chi connectivity index (χ0v) is 15.4. The van der Waals surface area contributed by atoms with E-state index >= 15 is 0 Å². The average Bonchev–Trinajstić information content (AvgIpc) is 2.63. The van der Waals surface area contributed by atoms with Crippen molar-refractivity contribution in [3.63, 3.8) is 0 Å². The van der Waals surface area contributed by atoms with E-state index in [-0.39, 0.29) is 29.9 Å². The number of aromatic hydroxyl groups is 1. The third kappa shape index (κ3) is 4.99. The van der Waals surface area contributed by atoms with Crippen LogP contribution in [0.15, 0.2) is 18.2 Å². The van der Waals surface area contributed by atoms with E-state index in [4.69, 9.17) is 14.2 Å². The fraction of sp³-hybridized carbons (Fsp3) is 0.600. The predicted molar refractivity (Wildman–Crippen MR) is 95.4 cm³/mol. The molecule has 0 aliphatic carbocycles. The minimum atomic E-state index is -0.682. The summed E-state index contributed by atoms with van der Waals surface area (Å²) >= 11 is 0. The molecule has 2 N–H and O–H groups in total. The first-order valence-electron chi connectivity index (χ1n) is 9.38. The Balaban J connectivity index is 1.89. The lowest BCUT2D eigenvalue weighted by atomic mass is 9.92. The molecule has 3 unspecified atom stereocenters. The molecule has 2 bridgehead atoms. The highest BCUT2D eigenvalue weighted by atomic mass is 16.6. The second-order valence-corrected chi connectivity index (χ2v) is 7.24. The smallest absolute Gasteiger partial charge is 0.342 e. The zero-order chi connectivity index (χ0) is 19.4. The van der Waals surface area contributed by atoms with Gasteiger partial charge >= 0.3 is 11.9 Å². The molecule has 1 aromatic rings. The van der Waals surface area contributed by atoms with Gasteiger partial charge < -0.3 is 24.4 Å². The van der Waals surface area contributed by atoms with Crippen LogP contribution in [-0.2, 0) is 25.4 Å². The van der Waals surface area contributed by atoms with Crippen molar-refractivity contribution in [2.24, 2.45) is 0 Å². The van der Waals surface area contributed by atoms with Gasteiger partial charge in [-0.05, 0) is 50.2 Å². The van der Waals surface area contributed by atoms with Gasteiger partial charge in [0.15, 0.2) is 0 Å². The summed E-state index contributed by atoms with van der Waals surface area (Å²) in [7, 11) is 1.28. The van der Waals surface area contributed by atoms with Crippen molar-refractivity contribution in [2.75, 3.05) is 7.11 Å². The molecule has 0 saturated carbocycles. The van der Waals surface area contributed by atoms with E-state index in [1.807, 2.05) is 0 Å². The van der Waals surface area contributed by atoms with Gasteiger partial charge in [0.1, 0.15) is 17.4 Å². The number of cyclic esters (lactones) is 1. The molecule has 27 heavy (non-hydrogen) atoms. The number of rotatable bonds is 2. The molecule has 0 amide bonds. The lowest BCUT2D eigenvalue weighted by molar-refractivity contribution is -0.143. The highest BCUT2D eigenvalue weighted by Gasteiger charge is 2.31. The van der Waals surface area contributed by atoms with Crippen LogP contribution in [-0.4, -0.2) is 53.7 Å². The van der Waals surface area contributed by atoms with E-state index in [0.717, 1.165) is 0 Å². The number of hydrogen-bond acceptors (Lipinski definition) is 7. The first-order chi connectivity index (χ1) is 13.0. The molecule has 148 valence electrons. The number of methoxy groups -OCH3 is 1. The van der Waals surface area contributed by atoms with Gasteiger partial charge in [-0.3, -0.25) is 4.79 Å². The van der Waals surface area contributed by atoms with Gasteiger partial charge in [0.2, 0.25) is 0 Å². The third-order valence-electron chi connectivity index (χ3n) is 5.23. The molecule has 1 aromatic carbocycles. The molecule has 3 rings (SSSR count). The normalized spacial score (nSPS) is 28.9. The Morgan fingerprint density at radius 2 is 1.96 bits per heavy atom. The van der Waals surface area contributed by atoms with Crippen molar-refractivity contribution in [2.45, 2.75) is 69.4 Å². The van der Waals surface area contributed by atoms with Gasteiger partial charge in [0.25, 0.3) is 0 Å². The number of hydrogen-bond donors (Lipinski definition) is 2. The Bertz CT molecular complexity index is 687. The largest absolute Gasteiger partial charge is 0.507 e. The van der Waals surface area contributed by atoms with E-state index in [0.29, 0.717) is 44.1 Å². The topological polar surface area (TPSA) is 102 Å². The summed E-state index contributed by atoms with van der Waals surface area (Å²) in [5.74, 6) is -1.25. The van der Waals surface area contributed by atoms with Crippen LogP contribution in [0.25, 0.3) is 0 Å². The van der Waals surface area contributed by atoms with Crippen LogP contribution in [0.2, 0.25) is 0 Å². The van der Waals surface area contributed by atoms with Crippen molar-refractivity contribution in [1.82, 2.24) is 0 Å². The minimum Gasteiger partial charge on any atom is -0.507 e. The second kappa shape index (κ2) is 8.71. The summed E-state index contributed by atoms with van der Waals surface area (Å²) < 4.78 is 16.4. The van der Waals surface area contributed by atoms with E-state index in [9.17, 15) is 19.8 Å². The number of aliphatic hydroxyl groups is 1. The second-order valence-electron chi connectivity index (χ2n) is 7.24. The quantitative estimate of drug-likeness (QED) is 0.760. The number of phenolic OH excluding ortho intramolecular Hbond substituents is 1. The number of benzene rings is 1. The number of esters is 2. The number of ether oxygens (including phenoxy) is 3. The van der Waals surface area contributed by atoms with Crippen molar-refractivity contribution < 1.29 is 34.0 Å². The van der Waals surface area contributed by atoms with Crippen LogP contribution in [0.1, 0.15) is 54.4 Å². The average molecular weight is 378 g/mol. The number of aryl methyl sites for hydroxylation is 1. The maximum absolute atomic E-state index is 12.7. The van der Waals surface area contributed by atoms with Crippen molar-refractivity contribution in [1.29, 1.82) is 0 Å². The van der Waals surface area contributed by atoms with E-state index in [2.05, 4.69) is 0 Å². The highest BCUT2D eigenvalue weighted by molar-refractivity contribution is 5.94. The van der Waals surface area contributed by atoms with Gasteiger partial charge in [0, 0.05) is 0 Å². The number of carbonyl (C=O) groups is 2. The first kappa shape index (κ1) is 19.6. The van der Waals surface area contributed by atoms with Crippen LogP contribution in [0.5, 0.6) is 5.75 Å². The molecule has 1 fully saturated rings. The minimum absolute atomic E-state index is 0.0656. The highest BCUT2D eigenvalue weighted by Crippen LogP contribution is 2.30. The van der Waals surface area contributed by atoms with Crippen LogP contribution in [0, 0.1) is 0 Å². The molecular formula is C20H26O7. The first-order valence-corrected chi connectivity index (χ1v) is 9.38. The molecular weight excluding hydrogens is 352 g/mol. The lowest BCUT2D eigenvalue weighted by Crippen LogP contribution is -2.37. The van der Waals surface area contributed by atoms with E-state index < -0.39 is 24.1 Å². The Kier molecular flexibility index (Phi) is 6.34. The lowest BCUT2D eigenvalue weighted by Gasteiger charge is -2.34. The maximum Gasteiger partial charge on any atom is 0.342 e. The van der Waals surface area contributed by atoms with Gasteiger partial charge in [-0.15, -0.1) is 0 Å². The molecule has 2 aliphatic rings. The molecule has 7 heteroatoms. The van der Waals surface area contributed by atoms with Crippen LogP contribution < -0.4 is 0 Å². The monoisotopic (exact) mass is 378 g/mol. The maximum atomic E-state index is 12.7. The Morgan fingerprint density at radius 1 is 1.22 bits per heavy atom. The fourth-order valence-corrected chi connectivity index (χ4v) is 3.86. The number of aliphatic hydroxyl groups excluding tert-OH is 1. The molecule has 2 aliphatic heterocycles. The summed E-state index contributed by atoms with van der Waals surface area (Å²) in [4.78, 5) is 24.4. The number of carbonyl (C=O) groups excluding carboxylic acids is 2. The molecule has 0 radical (unpaired) electrons. The molecule has 7 nitrogen and oxygen atoms in total. The Labute approximate surface area is 158 Å².